The highest BCUT2D eigenvalue weighted by atomic mass is 16.5. The molecule has 2 aromatic carbocycles. The zero-order valence-corrected chi connectivity index (χ0v) is 17.6. The van der Waals surface area contributed by atoms with E-state index >= 15 is 0 Å². The zero-order valence-electron chi connectivity index (χ0n) is 17.6. The third kappa shape index (κ3) is 7.17. The second-order valence-electron chi connectivity index (χ2n) is 7.20. The van der Waals surface area contributed by atoms with Crippen LogP contribution in [0.1, 0.15) is 16.7 Å². The molecule has 0 bridgehead atoms. The molecule has 1 aliphatic heterocycles. The molecular formula is C23H31N5O2. The summed E-state index contributed by atoms with van der Waals surface area (Å²) in [4.78, 5) is 18.7. The number of carbonyl (C=O) groups excluding carboxylic acids is 1. The van der Waals surface area contributed by atoms with Gasteiger partial charge >= 0.3 is 0 Å². The highest BCUT2D eigenvalue weighted by Gasteiger charge is 2.13. The molecule has 1 saturated heterocycles. The number of morpholine rings is 1. The number of hydrogen-bond donors (Lipinski definition) is 3. The van der Waals surface area contributed by atoms with E-state index in [2.05, 4.69) is 44.0 Å². The zero-order chi connectivity index (χ0) is 21.0. The lowest BCUT2D eigenvalue weighted by Crippen LogP contribution is -2.43. The van der Waals surface area contributed by atoms with E-state index in [1.165, 1.54) is 11.1 Å². The Kier molecular flexibility index (Phi) is 8.68. The summed E-state index contributed by atoms with van der Waals surface area (Å²) >= 11 is 0. The maximum absolute atomic E-state index is 12.1. The first-order valence-electron chi connectivity index (χ1n) is 10.4. The monoisotopic (exact) mass is 409 g/mol. The standard InChI is InChI=1S/C23H31N5O2/c1-24-23(27-17-22(29)25-15-19-7-3-2-4-8-19)26-16-20-9-5-6-10-21(20)18-28-11-13-30-14-12-28/h2-10H,11-18H2,1H3,(H,25,29)(H2,24,26,27). The molecule has 0 unspecified atom stereocenters. The van der Waals surface area contributed by atoms with Crippen molar-refractivity contribution in [3.63, 3.8) is 0 Å². The average Bonchev–Trinajstić information content (AvgIpc) is 2.80. The molecule has 1 fully saturated rings. The van der Waals surface area contributed by atoms with Gasteiger partial charge in [0.25, 0.3) is 0 Å². The highest BCUT2D eigenvalue weighted by molar-refractivity contribution is 5.86. The third-order valence-corrected chi connectivity index (χ3v) is 5.03. The summed E-state index contributed by atoms with van der Waals surface area (Å²) in [6.07, 6.45) is 0. The normalized spacial score (nSPS) is 14.9. The van der Waals surface area contributed by atoms with E-state index < -0.39 is 0 Å². The van der Waals surface area contributed by atoms with Crippen LogP contribution in [0.15, 0.2) is 59.6 Å². The summed E-state index contributed by atoms with van der Waals surface area (Å²) in [7, 11) is 1.71. The number of amides is 1. The van der Waals surface area contributed by atoms with Crippen LogP contribution in [-0.4, -0.2) is 56.7 Å². The SMILES string of the molecule is CN=C(NCC(=O)NCc1ccccc1)NCc1ccccc1CN1CCOCC1. The summed E-state index contributed by atoms with van der Waals surface area (Å²) in [6, 6.07) is 18.3. The Morgan fingerprint density at radius 3 is 2.37 bits per heavy atom. The smallest absolute Gasteiger partial charge is 0.239 e. The number of nitrogens with one attached hydrogen (secondary N) is 3. The molecule has 1 aliphatic rings. The molecule has 30 heavy (non-hydrogen) atoms. The summed E-state index contributed by atoms with van der Waals surface area (Å²) in [6.45, 7) is 5.75. The van der Waals surface area contributed by atoms with Gasteiger partial charge in [-0.25, -0.2) is 0 Å². The number of hydrogen-bond acceptors (Lipinski definition) is 4. The molecule has 7 nitrogen and oxygen atoms in total. The van der Waals surface area contributed by atoms with Crippen molar-refractivity contribution in [3.05, 3.63) is 71.3 Å². The van der Waals surface area contributed by atoms with Gasteiger partial charge in [0, 0.05) is 39.8 Å². The van der Waals surface area contributed by atoms with Crippen molar-refractivity contribution < 1.29 is 9.53 Å². The third-order valence-electron chi connectivity index (χ3n) is 5.03. The van der Waals surface area contributed by atoms with Crippen LogP contribution in [0.4, 0.5) is 0 Å². The Morgan fingerprint density at radius 1 is 0.933 bits per heavy atom. The summed E-state index contributed by atoms with van der Waals surface area (Å²) in [5, 5.41) is 9.29. The number of guanidine groups is 1. The van der Waals surface area contributed by atoms with Crippen molar-refractivity contribution in [1.29, 1.82) is 0 Å². The Hall–Kier alpha value is -2.90. The molecule has 0 spiro atoms. The first-order valence-corrected chi connectivity index (χ1v) is 10.4. The molecule has 160 valence electrons. The van der Waals surface area contributed by atoms with E-state index in [0.717, 1.165) is 38.4 Å². The maximum Gasteiger partial charge on any atom is 0.239 e. The fourth-order valence-electron chi connectivity index (χ4n) is 3.31. The minimum absolute atomic E-state index is 0.0745. The number of rotatable bonds is 8. The van der Waals surface area contributed by atoms with Gasteiger partial charge < -0.3 is 20.7 Å². The van der Waals surface area contributed by atoms with Crippen LogP contribution in [0.3, 0.4) is 0 Å². The van der Waals surface area contributed by atoms with Gasteiger partial charge in [-0.1, -0.05) is 54.6 Å². The first-order chi connectivity index (χ1) is 14.7. The topological polar surface area (TPSA) is 78.0 Å². The Balaban J connectivity index is 1.44. The number of nitrogens with zero attached hydrogens (tertiary/aromatic N) is 2. The first kappa shape index (κ1) is 21.8. The molecule has 0 radical (unpaired) electrons. The largest absolute Gasteiger partial charge is 0.379 e. The van der Waals surface area contributed by atoms with Gasteiger partial charge in [-0.15, -0.1) is 0 Å². The molecule has 3 N–H and O–H groups in total. The molecule has 0 saturated carbocycles. The van der Waals surface area contributed by atoms with Crippen LogP contribution in [0.25, 0.3) is 0 Å². The van der Waals surface area contributed by atoms with Gasteiger partial charge in [0.2, 0.25) is 5.91 Å². The minimum Gasteiger partial charge on any atom is -0.379 e. The lowest BCUT2D eigenvalue weighted by atomic mass is 10.1. The minimum atomic E-state index is -0.0745. The van der Waals surface area contributed by atoms with Gasteiger partial charge in [-0.2, -0.15) is 0 Å². The molecule has 2 aromatic rings. The van der Waals surface area contributed by atoms with E-state index in [0.29, 0.717) is 19.0 Å². The van der Waals surface area contributed by atoms with Crippen LogP contribution >= 0.6 is 0 Å². The summed E-state index contributed by atoms with van der Waals surface area (Å²) < 4.78 is 5.44. The maximum atomic E-state index is 12.1. The predicted octanol–water partition coefficient (Wildman–Crippen LogP) is 1.50. The molecule has 3 rings (SSSR count). The van der Waals surface area contributed by atoms with Gasteiger partial charge in [0.15, 0.2) is 5.96 Å². The second-order valence-corrected chi connectivity index (χ2v) is 7.20. The van der Waals surface area contributed by atoms with Crippen molar-refractivity contribution >= 4 is 11.9 Å². The van der Waals surface area contributed by atoms with Crippen LogP contribution in [0.5, 0.6) is 0 Å². The summed E-state index contributed by atoms with van der Waals surface area (Å²) in [5.41, 5.74) is 3.59. The number of ether oxygens (including phenoxy) is 1. The molecule has 0 aromatic heterocycles. The molecule has 0 atom stereocenters. The highest BCUT2D eigenvalue weighted by Crippen LogP contribution is 2.13. The van der Waals surface area contributed by atoms with Gasteiger partial charge in [-0.3, -0.25) is 14.7 Å². The summed E-state index contributed by atoms with van der Waals surface area (Å²) in [5.74, 6) is 0.528. The number of carbonyl (C=O) groups is 1. The fourth-order valence-corrected chi connectivity index (χ4v) is 3.31. The van der Waals surface area contributed by atoms with Crippen molar-refractivity contribution in [2.75, 3.05) is 39.9 Å². The van der Waals surface area contributed by atoms with Crippen LogP contribution < -0.4 is 16.0 Å². The van der Waals surface area contributed by atoms with E-state index in [1.807, 2.05) is 36.4 Å². The fraction of sp³-hybridized carbons (Fsp3) is 0.391. The van der Waals surface area contributed by atoms with E-state index in [-0.39, 0.29) is 12.5 Å². The quantitative estimate of drug-likeness (QED) is 0.455. The van der Waals surface area contributed by atoms with Gasteiger partial charge in [0.1, 0.15) is 0 Å². The van der Waals surface area contributed by atoms with E-state index in [1.54, 1.807) is 7.05 Å². The average molecular weight is 410 g/mol. The van der Waals surface area contributed by atoms with E-state index in [9.17, 15) is 4.79 Å². The molecule has 1 heterocycles. The Morgan fingerprint density at radius 2 is 1.63 bits per heavy atom. The molecule has 7 heteroatoms. The Bertz CT molecular complexity index is 819. The second kappa shape index (κ2) is 11.9. The molecule has 1 amide bonds. The molecular weight excluding hydrogens is 378 g/mol. The lowest BCUT2D eigenvalue weighted by Gasteiger charge is -2.27. The van der Waals surface area contributed by atoms with Crippen molar-refractivity contribution in [2.24, 2.45) is 4.99 Å². The van der Waals surface area contributed by atoms with Crippen LogP contribution in [0.2, 0.25) is 0 Å². The predicted molar refractivity (Wildman–Crippen MR) is 119 cm³/mol. The van der Waals surface area contributed by atoms with E-state index in [4.69, 9.17) is 4.74 Å². The lowest BCUT2D eigenvalue weighted by molar-refractivity contribution is -0.120. The van der Waals surface area contributed by atoms with Crippen molar-refractivity contribution in [1.82, 2.24) is 20.9 Å². The van der Waals surface area contributed by atoms with Gasteiger partial charge in [0.05, 0.1) is 19.8 Å². The van der Waals surface area contributed by atoms with Crippen LogP contribution in [0, 0.1) is 0 Å². The van der Waals surface area contributed by atoms with Gasteiger partial charge in [-0.05, 0) is 16.7 Å². The number of aliphatic imine (C=N–C) groups is 1. The van der Waals surface area contributed by atoms with Crippen molar-refractivity contribution in [3.8, 4) is 0 Å². The number of benzene rings is 2. The van der Waals surface area contributed by atoms with Crippen LogP contribution in [-0.2, 0) is 29.2 Å². The molecule has 0 aliphatic carbocycles. The van der Waals surface area contributed by atoms with Crippen molar-refractivity contribution in [2.45, 2.75) is 19.6 Å². The Labute approximate surface area is 178 Å².